The number of halogens is 6. The van der Waals surface area contributed by atoms with Gasteiger partial charge in [0.25, 0.3) is 10.1 Å². The van der Waals surface area contributed by atoms with E-state index in [-0.39, 0.29) is 19.4 Å². The highest BCUT2D eigenvalue weighted by molar-refractivity contribution is 7.85. The quantitative estimate of drug-likeness (QED) is 0.304. The minimum atomic E-state index is -5.56. The molecule has 23 heavy (non-hydrogen) atoms. The number of carbonyl (C=O) groups excluding carboxylic acids is 1. The lowest BCUT2D eigenvalue weighted by atomic mass is 10.2. The zero-order chi connectivity index (χ0) is 18.5. The van der Waals surface area contributed by atoms with E-state index < -0.39 is 52.2 Å². The Morgan fingerprint density at radius 2 is 1.48 bits per heavy atom. The average Bonchev–Trinajstić information content (AvgIpc) is 2.31. The van der Waals surface area contributed by atoms with Gasteiger partial charge in [-0.2, -0.15) is 34.8 Å². The van der Waals surface area contributed by atoms with Crippen molar-refractivity contribution in [2.45, 2.75) is 31.9 Å². The number of alkyl halides is 6. The van der Waals surface area contributed by atoms with E-state index >= 15 is 0 Å². The van der Waals surface area contributed by atoms with E-state index in [1.165, 1.54) is 7.05 Å². The van der Waals surface area contributed by atoms with Crippen molar-refractivity contribution in [2.24, 2.45) is 0 Å². The molecule has 0 aromatic heterocycles. The summed E-state index contributed by atoms with van der Waals surface area (Å²) in [7, 11) is -3.07. The van der Waals surface area contributed by atoms with Gasteiger partial charge in [0.05, 0.1) is 5.75 Å². The van der Waals surface area contributed by atoms with Crippen LogP contribution in [0.25, 0.3) is 0 Å². The van der Waals surface area contributed by atoms with Gasteiger partial charge in [-0.25, -0.2) is 0 Å². The zero-order valence-electron chi connectivity index (χ0n) is 12.0. The fourth-order valence-electron chi connectivity index (χ4n) is 1.51. The summed E-state index contributed by atoms with van der Waals surface area (Å²) in [6, 6.07) is 0. The van der Waals surface area contributed by atoms with Crippen LogP contribution in [-0.4, -0.2) is 67.2 Å². The Morgan fingerprint density at radius 3 is 1.87 bits per heavy atom. The molecule has 0 aliphatic heterocycles. The molecule has 0 saturated heterocycles. The highest BCUT2D eigenvalue weighted by Crippen LogP contribution is 2.33. The molecular weight excluding hydrogens is 358 g/mol. The van der Waals surface area contributed by atoms with Crippen LogP contribution in [0.3, 0.4) is 0 Å². The summed E-state index contributed by atoms with van der Waals surface area (Å²) >= 11 is 0. The van der Waals surface area contributed by atoms with Crippen LogP contribution >= 0.6 is 0 Å². The minimum absolute atomic E-state index is 0.238. The predicted octanol–water partition coefficient (Wildman–Crippen LogP) is 1.84. The van der Waals surface area contributed by atoms with E-state index in [1.54, 1.807) is 0 Å². The molecule has 1 amide bonds. The van der Waals surface area contributed by atoms with Gasteiger partial charge in [-0.1, -0.05) is 0 Å². The Hall–Kier alpha value is -1.08. The summed E-state index contributed by atoms with van der Waals surface area (Å²) in [4.78, 5) is 10.8. The fourth-order valence-corrected chi connectivity index (χ4v) is 2.02. The van der Waals surface area contributed by atoms with E-state index in [0.29, 0.717) is 0 Å². The number of carbonyl (C=O) groups is 1. The van der Waals surface area contributed by atoms with E-state index in [1.807, 2.05) is 0 Å². The third kappa shape index (κ3) is 9.61. The molecule has 0 aliphatic rings. The SMILES string of the molecule is CN(CCS(=O)(=O)O)C(=O)CCCCN(C(F)(F)F)C(F)(F)F. The van der Waals surface area contributed by atoms with Crippen LogP contribution in [0.2, 0.25) is 0 Å². The predicted molar refractivity (Wildman–Crippen MR) is 66.7 cm³/mol. The molecule has 13 heteroatoms. The molecule has 1 N–H and O–H groups in total. The molecule has 0 atom stereocenters. The van der Waals surface area contributed by atoms with Gasteiger partial charge in [0.1, 0.15) is 0 Å². The molecule has 0 bridgehead atoms. The molecule has 0 heterocycles. The van der Waals surface area contributed by atoms with Crippen molar-refractivity contribution in [3.05, 3.63) is 0 Å². The summed E-state index contributed by atoms with van der Waals surface area (Å²) in [5.41, 5.74) is 0. The molecule has 0 aromatic carbocycles. The molecule has 6 nitrogen and oxygen atoms in total. The maximum atomic E-state index is 12.2. The normalized spacial score (nSPS) is 13.4. The molecular formula is C10H16F6N2O4S. The molecule has 0 fully saturated rings. The van der Waals surface area contributed by atoms with E-state index in [9.17, 15) is 39.6 Å². The smallest absolute Gasteiger partial charge is 0.345 e. The van der Waals surface area contributed by atoms with E-state index in [0.717, 1.165) is 4.90 Å². The molecule has 138 valence electrons. The van der Waals surface area contributed by atoms with Gasteiger partial charge in [0.15, 0.2) is 0 Å². The first-order valence-electron chi connectivity index (χ1n) is 6.25. The van der Waals surface area contributed by atoms with Gasteiger partial charge in [-0.15, -0.1) is 4.90 Å². The minimum Gasteiger partial charge on any atom is -0.345 e. The highest BCUT2D eigenvalue weighted by Gasteiger charge is 2.53. The number of hydrogen-bond donors (Lipinski definition) is 1. The van der Waals surface area contributed by atoms with Crippen molar-refractivity contribution < 1.29 is 44.1 Å². The summed E-state index contributed by atoms with van der Waals surface area (Å²) < 4.78 is 103. The van der Waals surface area contributed by atoms with Gasteiger partial charge in [-0.05, 0) is 12.8 Å². The van der Waals surface area contributed by atoms with Crippen molar-refractivity contribution in [1.29, 1.82) is 0 Å². The summed E-state index contributed by atoms with van der Waals surface area (Å²) in [6.07, 6.45) is -12.2. The first kappa shape index (κ1) is 21.9. The van der Waals surface area contributed by atoms with Gasteiger partial charge < -0.3 is 4.90 Å². The summed E-state index contributed by atoms with van der Waals surface area (Å²) in [5, 5.41) is 0. The van der Waals surface area contributed by atoms with Crippen LogP contribution in [-0.2, 0) is 14.9 Å². The van der Waals surface area contributed by atoms with Crippen LogP contribution in [0.15, 0.2) is 0 Å². The van der Waals surface area contributed by atoms with E-state index in [4.69, 9.17) is 4.55 Å². The number of unbranched alkanes of at least 4 members (excludes halogenated alkanes) is 1. The lowest BCUT2D eigenvalue weighted by molar-refractivity contribution is -0.372. The van der Waals surface area contributed by atoms with Crippen LogP contribution < -0.4 is 0 Å². The maximum Gasteiger partial charge on any atom is 0.467 e. The second kappa shape index (κ2) is 8.15. The molecule has 0 rings (SSSR count). The molecule has 0 unspecified atom stereocenters. The Labute approximate surface area is 128 Å². The number of nitrogens with zero attached hydrogens (tertiary/aromatic N) is 2. The first-order chi connectivity index (χ1) is 10.1. The lowest BCUT2D eigenvalue weighted by Crippen LogP contribution is -2.48. The number of rotatable bonds is 8. The third-order valence-electron chi connectivity index (χ3n) is 2.74. The standard InChI is InChI=1S/C10H16F6N2O4S/c1-17(6-7-23(20,21)22)8(19)4-2-3-5-18(9(11,12)13)10(14,15)16/h2-7H2,1H3,(H,20,21,22). The van der Waals surface area contributed by atoms with Crippen molar-refractivity contribution in [3.8, 4) is 0 Å². The Bertz CT molecular complexity index is 477. The zero-order valence-corrected chi connectivity index (χ0v) is 12.8. The average molecular weight is 374 g/mol. The van der Waals surface area contributed by atoms with Gasteiger partial charge >= 0.3 is 12.6 Å². The lowest BCUT2D eigenvalue weighted by Gasteiger charge is -2.26. The van der Waals surface area contributed by atoms with Crippen LogP contribution in [0.1, 0.15) is 19.3 Å². The fraction of sp³-hybridized carbons (Fsp3) is 0.900. The highest BCUT2D eigenvalue weighted by atomic mass is 32.2. The van der Waals surface area contributed by atoms with Gasteiger partial charge in [-0.3, -0.25) is 9.35 Å². The largest absolute Gasteiger partial charge is 0.467 e. The summed E-state index contributed by atoms with van der Waals surface area (Å²) in [5.74, 6) is -1.37. The van der Waals surface area contributed by atoms with Crippen LogP contribution in [0.4, 0.5) is 26.3 Å². The number of amides is 1. The molecule has 0 aromatic rings. The number of hydrogen-bond acceptors (Lipinski definition) is 4. The maximum absolute atomic E-state index is 12.2. The van der Waals surface area contributed by atoms with Gasteiger partial charge in [0, 0.05) is 26.6 Å². The second-order valence-corrected chi connectivity index (χ2v) is 6.22. The third-order valence-corrected chi connectivity index (χ3v) is 3.44. The Kier molecular flexibility index (Phi) is 7.76. The Morgan fingerprint density at radius 1 is 1.00 bits per heavy atom. The van der Waals surface area contributed by atoms with Gasteiger partial charge in [0.2, 0.25) is 5.91 Å². The molecule has 0 aliphatic carbocycles. The summed E-state index contributed by atoms with van der Waals surface area (Å²) in [6.45, 7) is -1.68. The van der Waals surface area contributed by atoms with E-state index in [2.05, 4.69) is 0 Å². The van der Waals surface area contributed by atoms with Crippen LogP contribution in [0.5, 0.6) is 0 Å². The molecule has 0 radical (unpaired) electrons. The first-order valence-corrected chi connectivity index (χ1v) is 7.86. The van der Waals surface area contributed by atoms with Crippen LogP contribution in [0, 0.1) is 0 Å². The van der Waals surface area contributed by atoms with Crippen molar-refractivity contribution >= 4 is 16.0 Å². The molecule has 0 spiro atoms. The second-order valence-electron chi connectivity index (χ2n) is 4.65. The monoisotopic (exact) mass is 374 g/mol. The van der Waals surface area contributed by atoms with Crippen molar-refractivity contribution in [3.63, 3.8) is 0 Å². The molecule has 0 saturated carbocycles. The topological polar surface area (TPSA) is 77.9 Å². The van der Waals surface area contributed by atoms with Crippen molar-refractivity contribution in [2.75, 3.05) is 25.9 Å². The van der Waals surface area contributed by atoms with Crippen molar-refractivity contribution in [1.82, 2.24) is 9.80 Å². The Balaban J connectivity index is 4.26.